The van der Waals surface area contributed by atoms with Crippen LogP contribution in [-0.4, -0.2) is 55.1 Å². The summed E-state index contributed by atoms with van der Waals surface area (Å²) in [5.74, 6) is 1.23. The Kier molecular flexibility index (Phi) is 5.95. The van der Waals surface area contributed by atoms with Gasteiger partial charge in [0.1, 0.15) is 0 Å². The number of thioether (sulfide) groups is 1. The van der Waals surface area contributed by atoms with E-state index in [-0.39, 0.29) is 12.5 Å². The standard InChI is InChI=1S/C12H24N2O3S2/c15-10-11-4-3-6-14(9-11)19(16,17)13-8-12-5-1-2-7-18-12/h11-13,15H,1-10H2. The minimum absolute atomic E-state index is 0.0739. The van der Waals surface area contributed by atoms with Crippen molar-refractivity contribution in [1.29, 1.82) is 0 Å². The van der Waals surface area contributed by atoms with Gasteiger partial charge in [-0.25, -0.2) is 4.72 Å². The monoisotopic (exact) mass is 308 g/mol. The Morgan fingerprint density at radius 1 is 1.26 bits per heavy atom. The molecule has 0 saturated carbocycles. The Hall–Kier alpha value is 0.180. The van der Waals surface area contributed by atoms with Gasteiger partial charge in [0.15, 0.2) is 0 Å². The number of aliphatic hydroxyl groups excluding tert-OH is 1. The lowest BCUT2D eigenvalue weighted by Crippen LogP contribution is -2.48. The molecule has 0 aromatic rings. The first-order valence-corrected chi connectivity index (χ1v) is 9.58. The highest BCUT2D eigenvalue weighted by molar-refractivity contribution is 8.00. The van der Waals surface area contributed by atoms with Crippen LogP contribution in [0.1, 0.15) is 32.1 Å². The van der Waals surface area contributed by atoms with Crippen LogP contribution in [0.4, 0.5) is 0 Å². The maximum atomic E-state index is 12.2. The van der Waals surface area contributed by atoms with E-state index in [1.54, 1.807) is 0 Å². The third-order valence-electron chi connectivity index (χ3n) is 3.85. The molecule has 2 aliphatic heterocycles. The normalized spacial score (nSPS) is 30.4. The second-order valence-electron chi connectivity index (χ2n) is 5.39. The maximum absolute atomic E-state index is 12.2. The van der Waals surface area contributed by atoms with Gasteiger partial charge in [-0.3, -0.25) is 0 Å². The van der Waals surface area contributed by atoms with Crippen LogP contribution in [-0.2, 0) is 10.2 Å². The molecule has 2 atom stereocenters. The smallest absolute Gasteiger partial charge is 0.279 e. The molecule has 0 radical (unpaired) electrons. The van der Waals surface area contributed by atoms with Crippen molar-refractivity contribution in [3.8, 4) is 0 Å². The van der Waals surface area contributed by atoms with Crippen LogP contribution in [0.3, 0.4) is 0 Å². The summed E-state index contributed by atoms with van der Waals surface area (Å²) in [5, 5.41) is 9.58. The molecule has 112 valence electrons. The summed E-state index contributed by atoms with van der Waals surface area (Å²) in [5.41, 5.74) is 0. The molecule has 0 aliphatic carbocycles. The fraction of sp³-hybridized carbons (Fsp3) is 1.00. The van der Waals surface area contributed by atoms with Crippen LogP contribution >= 0.6 is 11.8 Å². The summed E-state index contributed by atoms with van der Waals surface area (Å²) >= 11 is 1.87. The Labute approximate surface area is 120 Å². The van der Waals surface area contributed by atoms with Crippen molar-refractivity contribution >= 4 is 22.0 Å². The van der Waals surface area contributed by atoms with E-state index in [0.29, 0.717) is 24.9 Å². The molecular formula is C12H24N2O3S2. The van der Waals surface area contributed by atoms with Crippen LogP contribution in [0.15, 0.2) is 0 Å². The van der Waals surface area contributed by atoms with Gasteiger partial charge in [0.25, 0.3) is 10.2 Å². The third-order valence-corrected chi connectivity index (χ3v) is 6.79. The van der Waals surface area contributed by atoms with Crippen molar-refractivity contribution in [3.63, 3.8) is 0 Å². The SMILES string of the molecule is O=S(=O)(NCC1CCCCS1)N1CCCC(CO)C1. The van der Waals surface area contributed by atoms with E-state index in [1.807, 2.05) is 11.8 Å². The molecule has 0 aromatic carbocycles. The first kappa shape index (κ1) is 15.6. The molecule has 5 nitrogen and oxygen atoms in total. The van der Waals surface area contributed by atoms with Gasteiger partial charge in [0.2, 0.25) is 0 Å². The molecule has 0 spiro atoms. The number of hydrogen-bond acceptors (Lipinski definition) is 4. The minimum Gasteiger partial charge on any atom is -0.396 e. The van der Waals surface area contributed by atoms with Crippen LogP contribution in [0.25, 0.3) is 0 Å². The zero-order valence-corrected chi connectivity index (χ0v) is 12.9. The lowest BCUT2D eigenvalue weighted by atomic mass is 10.0. The van der Waals surface area contributed by atoms with Gasteiger partial charge in [-0.2, -0.15) is 24.5 Å². The topological polar surface area (TPSA) is 69.6 Å². The highest BCUT2D eigenvalue weighted by atomic mass is 32.2. The molecule has 2 aliphatic rings. The van der Waals surface area contributed by atoms with Gasteiger partial charge in [-0.05, 0) is 37.4 Å². The molecule has 0 bridgehead atoms. The van der Waals surface area contributed by atoms with Gasteiger partial charge < -0.3 is 5.11 Å². The van der Waals surface area contributed by atoms with Crippen LogP contribution < -0.4 is 4.72 Å². The highest BCUT2D eigenvalue weighted by Crippen LogP contribution is 2.25. The lowest BCUT2D eigenvalue weighted by Gasteiger charge is -2.31. The number of aliphatic hydroxyl groups is 1. The maximum Gasteiger partial charge on any atom is 0.279 e. The first-order valence-electron chi connectivity index (χ1n) is 7.09. The first-order chi connectivity index (χ1) is 9.12. The van der Waals surface area contributed by atoms with Crippen LogP contribution in [0, 0.1) is 5.92 Å². The van der Waals surface area contributed by atoms with Gasteiger partial charge in [-0.15, -0.1) is 0 Å². The van der Waals surface area contributed by atoms with Gasteiger partial charge in [0, 0.05) is 31.5 Å². The number of rotatable bonds is 5. The van der Waals surface area contributed by atoms with E-state index < -0.39 is 10.2 Å². The molecule has 0 aromatic heterocycles. The van der Waals surface area contributed by atoms with Crippen molar-refractivity contribution in [2.45, 2.75) is 37.4 Å². The predicted molar refractivity (Wildman–Crippen MR) is 78.4 cm³/mol. The average molecular weight is 308 g/mol. The van der Waals surface area contributed by atoms with E-state index in [9.17, 15) is 8.42 Å². The van der Waals surface area contributed by atoms with Crippen molar-refractivity contribution in [2.75, 3.05) is 32.0 Å². The van der Waals surface area contributed by atoms with Crippen LogP contribution in [0.2, 0.25) is 0 Å². The number of hydrogen-bond donors (Lipinski definition) is 2. The Morgan fingerprint density at radius 3 is 2.79 bits per heavy atom. The van der Waals surface area contributed by atoms with Gasteiger partial charge in [0.05, 0.1) is 0 Å². The van der Waals surface area contributed by atoms with Crippen molar-refractivity contribution in [2.24, 2.45) is 5.92 Å². The van der Waals surface area contributed by atoms with E-state index >= 15 is 0 Å². The van der Waals surface area contributed by atoms with Crippen molar-refractivity contribution < 1.29 is 13.5 Å². The van der Waals surface area contributed by atoms with E-state index in [1.165, 1.54) is 17.1 Å². The average Bonchev–Trinajstić information content (AvgIpc) is 2.46. The molecule has 2 saturated heterocycles. The minimum atomic E-state index is -3.37. The molecule has 2 heterocycles. The molecule has 7 heteroatoms. The summed E-state index contributed by atoms with van der Waals surface area (Å²) < 4.78 is 28.7. The second-order valence-corrected chi connectivity index (χ2v) is 8.55. The zero-order chi connectivity index (χ0) is 13.7. The summed E-state index contributed by atoms with van der Waals surface area (Å²) in [6.45, 7) is 1.63. The van der Waals surface area contributed by atoms with Gasteiger partial charge >= 0.3 is 0 Å². The Morgan fingerprint density at radius 2 is 2.11 bits per heavy atom. The third kappa shape index (κ3) is 4.60. The lowest BCUT2D eigenvalue weighted by molar-refractivity contribution is 0.165. The van der Waals surface area contributed by atoms with Crippen molar-refractivity contribution in [1.82, 2.24) is 9.03 Å². The van der Waals surface area contributed by atoms with Gasteiger partial charge in [-0.1, -0.05) is 6.42 Å². The largest absolute Gasteiger partial charge is 0.396 e. The quantitative estimate of drug-likeness (QED) is 0.788. The zero-order valence-electron chi connectivity index (χ0n) is 11.3. The fourth-order valence-electron chi connectivity index (χ4n) is 2.65. The fourth-order valence-corrected chi connectivity index (χ4v) is 5.37. The Balaban J connectivity index is 1.83. The summed E-state index contributed by atoms with van der Waals surface area (Å²) in [7, 11) is -3.37. The molecule has 2 N–H and O–H groups in total. The van der Waals surface area contributed by atoms with E-state index in [2.05, 4.69) is 4.72 Å². The van der Waals surface area contributed by atoms with Crippen molar-refractivity contribution in [3.05, 3.63) is 0 Å². The predicted octanol–water partition coefficient (Wildman–Crippen LogP) is 0.811. The summed E-state index contributed by atoms with van der Waals surface area (Å²) in [4.78, 5) is 0. The summed E-state index contributed by atoms with van der Waals surface area (Å²) in [6.07, 6.45) is 5.31. The number of nitrogens with one attached hydrogen (secondary N) is 1. The number of piperidine rings is 1. The molecular weight excluding hydrogens is 284 g/mol. The summed E-state index contributed by atoms with van der Waals surface area (Å²) in [6, 6.07) is 0. The molecule has 0 amide bonds. The van der Waals surface area contributed by atoms with E-state index in [0.717, 1.165) is 25.0 Å². The number of nitrogens with zero attached hydrogens (tertiary/aromatic N) is 1. The van der Waals surface area contributed by atoms with E-state index in [4.69, 9.17) is 5.11 Å². The Bertz CT molecular complexity index is 369. The molecule has 2 rings (SSSR count). The molecule has 19 heavy (non-hydrogen) atoms. The van der Waals surface area contributed by atoms with Crippen LogP contribution in [0.5, 0.6) is 0 Å². The molecule has 2 unspecified atom stereocenters. The second kappa shape index (κ2) is 7.26. The molecule has 2 fully saturated rings. The highest BCUT2D eigenvalue weighted by Gasteiger charge is 2.29.